The molecule has 0 aliphatic rings. The third kappa shape index (κ3) is 1.62. The van der Waals surface area contributed by atoms with E-state index in [1.807, 2.05) is 26.0 Å². The first-order valence-corrected chi connectivity index (χ1v) is 5.86. The molecule has 0 spiro atoms. The fraction of sp³-hybridized carbons (Fsp3) is 0.308. The summed E-state index contributed by atoms with van der Waals surface area (Å²) < 4.78 is 1.72. The van der Waals surface area contributed by atoms with Gasteiger partial charge in [0.1, 0.15) is 5.69 Å². The molecule has 0 unspecified atom stereocenters. The lowest BCUT2D eigenvalue weighted by Crippen LogP contribution is -2.07. The second kappa shape index (κ2) is 4.08. The summed E-state index contributed by atoms with van der Waals surface area (Å²) in [6.07, 6.45) is 0.694. The summed E-state index contributed by atoms with van der Waals surface area (Å²) in [5.74, 6) is -0.893. The highest BCUT2D eigenvalue weighted by Crippen LogP contribution is 2.31. The van der Waals surface area contributed by atoms with Gasteiger partial charge in [-0.3, -0.25) is 0 Å². The Labute approximate surface area is 105 Å². The van der Waals surface area contributed by atoms with Gasteiger partial charge in [0.2, 0.25) is 0 Å². The molecule has 0 saturated heterocycles. The Morgan fingerprint density at radius 3 is 2.65 bits per heavy atom. The van der Waals surface area contributed by atoms with Crippen molar-refractivity contribution in [2.75, 3.05) is 0 Å². The van der Waals surface area contributed by atoms with E-state index in [0.717, 1.165) is 22.0 Å². The Morgan fingerprint density at radius 1 is 1.47 bits per heavy atom. The molecular formula is C13H14ClNO2. The minimum Gasteiger partial charge on any atom is -0.477 e. The van der Waals surface area contributed by atoms with Gasteiger partial charge in [0.05, 0.1) is 5.52 Å². The monoisotopic (exact) mass is 251 g/mol. The van der Waals surface area contributed by atoms with Crippen molar-refractivity contribution in [2.45, 2.75) is 20.3 Å². The maximum Gasteiger partial charge on any atom is 0.352 e. The van der Waals surface area contributed by atoms with E-state index in [9.17, 15) is 9.90 Å². The lowest BCUT2D eigenvalue weighted by molar-refractivity contribution is 0.0686. The zero-order chi connectivity index (χ0) is 12.7. The Hall–Kier alpha value is -1.48. The van der Waals surface area contributed by atoms with E-state index in [4.69, 9.17) is 11.6 Å². The third-order valence-electron chi connectivity index (χ3n) is 3.20. The Morgan fingerprint density at radius 2 is 2.12 bits per heavy atom. The van der Waals surface area contributed by atoms with E-state index >= 15 is 0 Å². The summed E-state index contributed by atoms with van der Waals surface area (Å²) in [7, 11) is 1.77. The van der Waals surface area contributed by atoms with Crippen LogP contribution in [0.5, 0.6) is 0 Å². The van der Waals surface area contributed by atoms with Crippen molar-refractivity contribution < 1.29 is 9.90 Å². The normalized spacial score (nSPS) is 11.1. The molecule has 2 rings (SSSR count). The number of benzene rings is 1. The van der Waals surface area contributed by atoms with E-state index in [0.29, 0.717) is 17.1 Å². The van der Waals surface area contributed by atoms with Crippen LogP contribution in [0.1, 0.15) is 28.5 Å². The lowest BCUT2D eigenvalue weighted by Gasteiger charge is -2.04. The van der Waals surface area contributed by atoms with E-state index in [1.165, 1.54) is 0 Å². The van der Waals surface area contributed by atoms with Crippen molar-refractivity contribution in [3.63, 3.8) is 0 Å². The average Bonchev–Trinajstić information content (AvgIpc) is 2.57. The van der Waals surface area contributed by atoms with E-state index < -0.39 is 5.97 Å². The van der Waals surface area contributed by atoms with Crippen molar-refractivity contribution in [2.24, 2.45) is 7.05 Å². The van der Waals surface area contributed by atoms with Crippen LogP contribution in [0.25, 0.3) is 10.9 Å². The summed E-state index contributed by atoms with van der Waals surface area (Å²) in [6.45, 7) is 3.88. The number of carboxylic acids is 1. The highest BCUT2D eigenvalue weighted by Gasteiger charge is 2.20. The van der Waals surface area contributed by atoms with Crippen LogP contribution < -0.4 is 0 Å². The van der Waals surface area contributed by atoms with Crippen LogP contribution in [0.2, 0.25) is 5.02 Å². The average molecular weight is 252 g/mol. The molecule has 4 heteroatoms. The van der Waals surface area contributed by atoms with Crippen LogP contribution in [0.15, 0.2) is 12.1 Å². The molecular weight excluding hydrogens is 238 g/mol. The van der Waals surface area contributed by atoms with Crippen molar-refractivity contribution in [3.05, 3.63) is 34.0 Å². The van der Waals surface area contributed by atoms with E-state index in [-0.39, 0.29) is 0 Å². The summed E-state index contributed by atoms with van der Waals surface area (Å²) >= 11 is 6.08. The van der Waals surface area contributed by atoms with Gasteiger partial charge in [-0.15, -0.1) is 0 Å². The van der Waals surface area contributed by atoms with Gasteiger partial charge >= 0.3 is 5.97 Å². The van der Waals surface area contributed by atoms with Crippen LogP contribution >= 0.6 is 11.6 Å². The number of aryl methyl sites for hydroxylation is 3. The van der Waals surface area contributed by atoms with Crippen molar-refractivity contribution >= 4 is 28.5 Å². The smallest absolute Gasteiger partial charge is 0.352 e. The molecule has 1 aromatic heterocycles. The zero-order valence-electron chi connectivity index (χ0n) is 10.0. The number of nitrogens with zero attached hydrogens (tertiary/aromatic N) is 1. The minimum atomic E-state index is -0.893. The van der Waals surface area contributed by atoms with Crippen LogP contribution in [-0.2, 0) is 13.5 Å². The van der Waals surface area contributed by atoms with Gasteiger partial charge in [-0.2, -0.15) is 0 Å². The van der Waals surface area contributed by atoms with Gasteiger partial charge in [0.15, 0.2) is 0 Å². The van der Waals surface area contributed by atoms with Crippen molar-refractivity contribution in [3.8, 4) is 0 Å². The molecule has 0 fully saturated rings. The highest BCUT2D eigenvalue weighted by molar-refractivity contribution is 6.32. The number of aromatic carboxylic acids is 1. The van der Waals surface area contributed by atoms with Crippen molar-refractivity contribution in [1.29, 1.82) is 0 Å². The summed E-state index contributed by atoms with van der Waals surface area (Å²) in [4.78, 5) is 11.3. The van der Waals surface area contributed by atoms with Crippen LogP contribution in [0.3, 0.4) is 0 Å². The fourth-order valence-electron chi connectivity index (χ4n) is 2.42. The minimum absolute atomic E-state index is 0.355. The molecule has 0 aliphatic carbocycles. The second-order valence-electron chi connectivity index (χ2n) is 4.11. The first kappa shape index (κ1) is 12.0. The molecule has 1 N–H and O–H groups in total. The molecule has 3 nitrogen and oxygen atoms in total. The zero-order valence-corrected chi connectivity index (χ0v) is 10.8. The summed E-state index contributed by atoms with van der Waals surface area (Å²) in [5.41, 5.74) is 3.06. The molecule has 17 heavy (non-hydrogen) atoms. The molecule has 0 amide bonds. The predicted octanol–water partition coefficient (Wildman–Crippen LogP) is 3.40. The van der Waals surface area contributed by atoms with Crippen LogP contribution in [0.4, 0.5) is 0 Å². The molecule has 2 aromatic rings. The quantitative estimate of drug-likeness (QED) is 0.889. The van der Waals surface area contributed by atoms with Gasteiger partial charge in [0.25, 0.3) is 0 Å². The number of rotatable bonds is 2. The fourth-order valence-corrected chi connectivity index (χ4v) is 2.58. The maximum atomic E-state index is 11.3. The van der Waals surface area contributed by atoms with Crippen molar-refractivity contribution in [1.82, 2.24) is 4.57 Å². The van der Waals surface area contributed by atoms with Gasteiger partial charge in [-0.05, 0) is 30.5 Å². The molecule has 0 bridgehead atoms. The topological polar surface area (TPSA) is 42.2 Å². The first-order chi connectivity index (χ1) is 7.99. The number of halogens is 1. The molecule has 1 heterocycles. The Bertz CT molecular complexity index is 614. The number of carbonyl (C=O) groups is 1. The number of aromatic nitrogens is 1. The number of hydrogen-bond donors (Lipinski definition) is 1. The molecule has 90 valence electrons. The van der Waals surface area contributed by atoms with Gasteiger partial charge in [0, 0.05) is 17.5 Å². The van der Waals surface area contributed by atoms with Crippen LogP contribution in [0, 0.1) is 6.92 Å². The number of carboxylic acid groups (broad SMARTS) is 1. The summed E-state index contributed by atoms with van der Waals surface area (Å²) in [5, 5.41) is 10.9. The largest absolute Gasteiger partial charge is 0.477 e. The molecule has 1 aromatic carbocycles. The Kier molecular flexibility index (Phi) is 2.87. The first-order valence-electron chi connectivity index (χ1n) is 5.48. The lowest BCUT2D eigenvalue weighted by atomic mass is 10.1. The number of hydrogen-bond acceptors (Lipinski definition) is 1. The SMILES string of the molecule is CCc1c(C(=O)O)n(C)c2c(C)c(Cl)ccc12. The molecule has 0 aliphatic heterocycles. The third-order valence-corrected chi connectivity index (χ3v) is 3.61. The van der Waals surface area contributed by atoms with E-state index in [1.54, 1.807) is 11.6 Å². The Balaban J connectivity index is 2.99. The van der Waals surface area contributed by atoms with Gasteiger partial charge in [-0.25, -0.2) is 4.79 Å². The van der Waals surface area contributed by atoms with Crippen LogP contribution in [-0.4, -0.2) is 15.6 Å². The highest BCUT2D eigenvalue weighted by atomic mass is 35.5. The molecule has 0 radical (unpaired) electrons. The second-order valence-corrected chi connectivity index (χ2v) is 4.52. The maximum absolute atomic E-state index is 11.3. The van der Waals surface area contributed by atoms with Gasteiger partial charge in [-0.1, -0.05) is 24.6 Å². The predicted molar refractivity (Wildman–Crippen MR) is 69.0 cm³/mol. The summed E-state index contributed by atoms with van der Waals surface area (Å²) in [6, 6.07) is 3.72. The van der Waals surface area contributed by atoms with E-state index in [2.05, 4.69) is 0 Å². The van der Waals surface area contributed by atoms with Gasteiger partial charge < -0.3 is 9.67 Å². The molecule has 0 saturated carbocycles. The standard InChI is InChI=1S/C13H14ClNO2/c1-4-8-9-5-6-10(14)7(2)11(9)15(3)12(8)13(16)17/h5-6H,4H2,1-3H3,(H,16,17). The number of fused-ring (bicyclic) bond motifs is 1. The molecule has 0 atom stereocenters.